The van der Waals surface area contributed by atoms with Crippen molar-refractivity contribution in [3.63, 3.8) is 0 Å². The van der Waals surface area contributed by atoms with Gasteiger partial charge in [0.2, 0.25) is 0 Å². The van der Waals surface area contributed by atoms with Crippen LogP contribution in [0.5, 0.6) is 0 Å². The van der Waals surface area contributed by atoms with Crippen molar-refractivity contribution in [3.05, 3.63) is 57.3 Å². The summed E-state index contributed by atoms with van der Waals surface area (Å²) in [5.41, 5.74) is 3.22. The van der Waals surface area contributed by atoms with E-state index in [0.29, 0.717) is 0 Å². The number of hydrogen-bond acceptors (Lipinski definition) is 3. The fourth-order valence-electron chi connectivity index (χ4n) is 2.08. The van der Waals surface area contributed by atoms with Crippen LogP contribution in [0.2, 0.25) is 0 Å². The number of hydrogen-bond donors (Lipinski definition) is 0. The second kappa shape index (κ2) is 5.36. The van der Waals surface area contributed by atoms with Crippen molar-refractivity contribution in [1.29, 1.82) is 0 Å². The number of aryl methyl sites for hydroxylation is 3. The van der Waals surface area contributed by atoms with E-state index in [4.69, 9.17) is 4.74 Å². The van der Waals surface area contributed by atoms with Gasteiger partial charge in [0.1, 0.15) is 12.3 Å². The SMILES string of the molecule is Cc1ccc(COC(=O)c2cn(C)c(=O)n2C)c(C)c1. The highest BCUT2D eigenvalue weighted by Gasteiger charge is 2.15. The number of imidazole rings is 1. The molecule has 0 aliphatic heterocycles. The van der Waals surface area contributed by atoms with E-state index in [1.165, 1.54) is 20.9 Å². The van der Waals surface area contributed by atoms with Crippen LogP contribution in [-0.4, -0.2) is 15.1 Å². The number of carbonyl (C=O) groups is 1. The Morgan fingerprint density at radius 3 is 2.50 bits per heavy atom. The minimum atomic E-state index is -0.495. The van der Waals surface area contributed by atoms with Crippen molar-refractivity contribution < 1.29 is 9.53 Å². The standard InChI is InChI=1S/C15H18N2O3/c1-10-5-6-12(11(2)7-10)9-20-14(18)13-8-16(3)15(19)17(13)4/h5-8H,9H2,1-4H3. The number of nitrogens with zero attached hydrogens (tertiary/aromatic N) is 2. The Balaban J connectivity index is 2.12. The van der Waals surface area contributed by atoms with Crippen LogP contribution in [0.25, 0.3) is 0 Å². The van der Waals surface area contributed by atoms with Crippen molar-refractivity contribution in [2.45, 2.75) is 20.5 Å². The summed E-state index contributed by atoms with van der Waals surface area (Å²) in [7, 11) is 3.15. The van der Waals surface area contributed by atoms with Gasteiger partial charge in [-0.05, 0) is 25.0 Å². The fraction of sp³-hybridized carbons (Fsp3) is 0.333. The maximum Gasteiger partial charge on any atom is 0.356 e. The van der Waals surface area contributed by atoms with Gasteiger partial charge >= 0.3 is 11.7 Å². The first-order valence-corrected chi connectivity index (χ1v) is 6.35. The van der Waals surface area contributed by atoms with Crippen molar-refractivity contribution in [2.75, 3.05) is 0 Å². The first-order chi connectivity index (χ1) is 9.40. The molecule has 0 fully saturated rings. The highest BCUT2D eigenvalue weighted by atomic mass is 16.5. The highest BCUT2D eigenvalue weighted by molar-refractivity contribution is 5.87. The number of aromatic nitrogens is 2. The van der Waals surface area contributed by atoms with Crippen LogP contribution in [-0.2, 0) is 25.4 Å². The molecule has 0 aliphatic rings. The molecule has 5 heteroatoms. The molecule has 1 aromatic carbocycles. The Kier molecular flexibility index (Phi) is 3.79. The normalized spacial score (nSPS) is 10.6. The van der Waals surface area contributed by atoms with Crippen molar-refractivity contribution >= 4 is 5.97 Å². The number of carbonyl (C=O) groups excluding carboxylic acids is 1. The Labute approximate surface area is 117 Å². The summed E-state index contributed by atoms with van der Waals surface area (Å²) in [6, 6.07) is 5.97. The summed E-state index contributed by atoms with van der Waals surface area (Å²) in [4.78, 5) is 23.6. The summed E-state index contributed by atoms with van der Waals surface area (Å²) >= 11 is 0. The molecule has 0 amide bonds. The summed E-state index contributed by atoms with van der Waals surface area (Å²) in [6.45, 7) is 4.20. The molecule has 0 spiro atoms. The first kappa shape index (κ1) is 14.1. The average molecular weight is 274 g/mol. The molecule has 106 valence electrons. The van der Waals surface area contributed by atoms with Gasteiger partial charge in [0, 0.05) is 20.3 Å². The van der Waals surface area contributed by atoms with E-state index in [1.807, 2.05) is 32.0 Å². The molecular weight excluding hydrogens is 256 g/mol. The lowest BCUT2D eigenvalue weighted by atomic mass is 10.1. The van der Waals surface area contributed by atoms with Gasteiger partial charge in [-0.3, -0.25) is 4.57 Å². The highest BCUT2D eigenvalue weighted by Crippen LogP contribution is 2.12. The zero-order valence-corrected chi connectivity index (χ0v) is 12.1. The van der Waals surface area contributed by atoms with Crippen LogP contribution >= 0.6 is 0 Å². The molecule has 0 N–H and O–H groups in total. The maximum absolute atomic E-state index is 12.0. The molecule has 1 aromatic heterocycles. The van der Waals surface area contributed by atoms with Gasteiger partial charge in [-0.25, -0.2) is 9.59 Å². The van der Waals surface area contributed by atoms with E-state index >= 15 is 0 Å². The summed E-state index contributed by atoms with van der Waals surface area (Å²) < 4.78 is 7.91. The molecule has 0 atom stereocenters. The quantitative estimate of drug-likeness (QED) is 0.800. The zero-order chi connectivity index (χ0) is 14.9. The van der Waals surface area contributed by atoms with Crippen LogP contribution < -0.4 is 5.69 Å². The van der Waals surface area contributed by atoms with E-state index in [-0.39, 0.29) is 18.0 Å². The average Bonchev–Trinajstić information content (AvgIpc) is 2.65. The summed E-state index contributed by atoms with van der Waals surface area (Å²) in [5, 5.41) is 0. The topological polar surface area (TPSA) is 53.2 Å². The number of rotatable bonds is 3. The predicted molar refractivity (Wildman–Crippen MR) is 75.7 cm³/mol. The van der Waals surface area contributed by atoms with Crippen LogP contribution in [0.4, 0.5) is 0 Å². The summed E-state index contributed by atoms with van der Waals surface area (Å²) in [5.74, 6) is -0.495. The number of ether oxygens (including phenoxy) is 1. The van der Waals surface area contributed by atoms with Crippen molar-refractivity contribution in [3.8, 4) is 0 Å². The van der Waals surface area contributed by atoms with Gasteiger partial charge in [0.05, 0.1) is 0 Å². The van der Waals surface area contributed by atoms with Crippen LogP contribution in [0.1, 0.15) is 27.2 Å². The smallest absolute Gasteiger partial charge is 0.356 e. The van der Waals surface area contributed by atoms with Gasteiger partial charge in [-0.2, -0.15) is 0 Å². The Bertz CT molecular complexity index is 710. The van der Waals surface area contributed by atoms with Crippen LogP contribution in [0.3, 0.4) is 0 Å². The van der Waals surface area contributed by atoms with Crippen LogP contribution in [0, 0.1) is 13.8 Å². The molecule has 2 aromatic rings. The zero-order valence-electron chi connectivity index (χ0n) is 12.1. The minimum absolute atomic E-state index is 0.202. The third-order valence-corrected chi connectivity index (χ3v) is 3.33. The van der Waals surface area contributed by atoms with Gasteiger partial charge in [0.25, 0.3) is 0 Å². The molecule has 0 unspecified atom stereocenters. The Hall–Kier alpha value is -2.30. The number of esters is 1. The summed E-state index contributed by atoms with van der Waals surface area (Å²) in [6.07, 6.45) is 1.48. The van der Waals surface area contributed by atoms with E-state index in [9.17, 15) is 9.59 Å². The number of benzene rings is 1. The van der Waals surface area contributed by atoms with Crippen LogP contribution in [0.15, 0.2) is 29.2 Å². The second-order valence-corrected chi connectivity index (χ2v) is 4.97. The molecule has 2 rings (SSSR count). The molecule has 0 saturated carbocycles. The van der Waals surface area contributed by atoms with E-state index in [2.05, 4.69) is 0 Å². The van der Waals surface area contributed by atoms with Gasteiger partial charge in [-0.1, -0.05) is 23.8 Å². The lowest BCUT2D eigenvalue weighted by molar-refractivity contribution is 0.0460. The largest absolute Gasteiger partial charge is 0.456 e. The maximum atomic E-state index is 12.0. The minimum Gasteiger partial charge on any atom is -0.456 e. The predicted octanol–water partition coefficient (Wildman–Crippen LogP) is 1.70. The third-order valence-electron chi connectivity index (χ3n) is 3.33. The molecule has 0 saturated heterocycles. The monoisotopic (exact) mass is 274 g/mol. The fourth-order valence-corrected chi connectivity index (χ4v) is 2.08. The molecule has 0 aliphatic carbocycles. The second-order valence-electron chi connectivity index (χ2n) is 4.97. The van der Waals surface area contributed by atoms with E-state index in [1.54, 1.807) is 14.1 Å². The van der Waals surface area contributed by atoms with Gasteiger partial charge in [-0.15, -0.1) is 0 Å². The Morgan fingerprint density at radius 1 is 1.25 bits per heavy atom. The lowest BCUT2D eigenvalue weighted by Crippen LogP contribution is -2.22. The molecule has 20 heavy (non-hydrogen) atoms. The van der Waals surface area contributed by atoms with E-state index < -0.39 is 5.97 Å². The van der Waals surface area contributed by atoms with E-state index in [0.717, 1.165) is 11.1 Å². The van der Waals surface area contributed by atoms with Crippen molar-refractivity contribution in [1.82, 2.24) is 9.13 Å². The molecular formula is C15H18N2O3. The lowest BCUT2D eigenvalue weighted by Gasteiger charge is -2.08. The molecule has 0 radical (unpaired) electrons. The third kappa shape index (κ3) is 2.66. The molecule has 1 heterocycles. The van der Waals surface area contributed by atoms with Crippen molar-refractivity contribution in [2.24, 2.45) is 14.1 Å². The van der Waals surface area contributed by atoms with Gasteiger partial charge < -0.3 is 9.30 Å². The first-order valence-electron chi connectivity index (χ1n) is 6.35. The van der Waals surface area contributed by atoms with Gasteiger partial charge in [0.15, 0.2) is 0 Å². The molecule has 0 bridgehead atoms. The Morgan fingerprint density at radius 2 is 1.95 bits per heavy atom. The molecule has 5 nitrogen and oxygen atoms in total.